The molecule has 0 bridgehead atoms. The van der Waals surface area contributed by atoms with Crippen molar-refractivity contribution < 1.29 is 9.53 Å². The molecule has 0 unspecified atom stereocenters. The molecule has 1 heterocycles. The van der Waals surface area contributed by atoms with Gasteiger partial charge in [-0.05, 0) is 12.1 Å². The van der Waals surface area contributed by atoms with Crippen LogP contribution in [-0.4, -0.2) is 31.2 Å². The second-order valence-corrected chi connectivity index (χ2v) is 2.66. The Morgan fingerprint density at radius 3 is 3.07 bits per heavy atom. The lowest BCUT2D eigenvalue weighted by molar-refractivity contribution is 0.0935. The highest BCUT2D eigenvalue weighted by Crippen LogP contribution is 1.88. The van der Waals surface area contributed by atoms with Gasteiger partial charge in [0.15, 0.2) is 0 Å². The maximum absolute atomic E-state index is 11.4. The number of carbonyl (C=O) groups excluding carboxylic acids is 1. The summed E-state index contributed by atoms with van der Waals surface area (Å²) in [6.45, 7) is 0.820. The lowest BCUT2D eigenvalue weighted by Gasteiger charge is -2.02. The smallest absolute Gasteiger partial charge is 0.260 e. The van der Waals surface area contributed by atoms with Crippen molar-refractivity contribution in [2.45, 2.75) is 0 Å². The highest BCUT2D eigenvalue weighted by molar-refractivity contribution is 5.93. The van der Waals surface area contributed by atoms with E-state index in [4.69, 9.17) is 4.74 Å². The largest absolute Gasteiger partial charge is 0.383 e. The minimum atomic E-state index is -0.387. The molecule has 2 N–H and O–H groups in total. The first-order valence-corrected chi connectivity index (χ1v) is 4.20. The minimum Gasteiger partial charge on any atom is -0.383 e. The molecule has 1 aromatic rings. The highest BCUT2D eigenvalue weighted by Gasteiger charge is 2.07. The molecular weight excluding hydrogens is 184 g/mol. The summed E-state index contributed by atoms with van der Waals surface area (Å²) in [5.41, 5.74) is -0.272. The normalized spacial score (nSPS) is 9.79. The van der Waals surface area contributed by atoms with E-state index in [1.165, 1.54) is 12.3 Å². The first-order chi connectivity index (χ1) is 6.75. The molecule has 0 atom stereocenters. The Morgan fingerprint density at radius 1 is 1.64 bits per heavy atom. The fourth-order valence-electron chi connectivity index (χ4n) is 0.962. The zero-order valence-electron chi connectivity index (χ0n) is 7.87. The molecule has 0 radical (unpaired) electrons. The van der Waals surface area contributed by atoms with Crippen LogP contribution < -0.4 is 10.9 Å². The van der Waals surface area contributed by atoms with Gasteiger partial charge >= 0.3 is 0 Å². The first kappa shape index (κ1) is 10.5. The molecule has 0 saturated heterocycles. The van der Waals surface area contributed by atoms with Crippen LogP contribution in [0.2, 0.25) is 0 Å². The van der Waals surface area contributed by atoms with Gasteiger partial charge in [0.25, 0.3) is 11.5 Å². The number of aromatic nitrogens is 1. The monoisotopic (exact) mass is 196 g/mol. The Labute approximate surface area is 81.1 Å². The quantitative estimate of drug-likeness (QED) is 0.652. The summed E-state index contributed by atoms with van der Waals surface area (Å²) in [7, 11) is 1.54. The number of pyridine rings is 1. The first-order valence-electron chi connectivity index (χ1n) is 4.20. The maximum atomic E-state index is 11.4. The summed E-state index contributed by atoms with van der Waals surface area (Å²) < 4.78 is 4.76. The van der Waals surface area contributed by atoms with Crippen LogP contribution in [0.25, 0.3) is 0 Å². The van der Waals surface area contributed by atoms with Crippen molar-refractivity contribution >= 4 is 5.91 Å². The van der Waals surface area contributed by atoms with Crippen LogP contribution in [0.4, 0.5) is 0 Å². The van der Waals surface area contributed by atoms with Crippen LogP contribution in [0.3, 0.4) is 0 Å². The Morgan fingerprint density at radius 2 is 2.43 bits per heavy atom. The molecule has 76 valence electrons. The maximum Gasteiger partial charge on any atom is 0.260 e. The van der Waals surface area contributed by atoms with E-state index in [1.807, 2.05) is 0 Å². The Kier molecular flexibility index (Phi) is 3.87. The lowest BCUT2D eigenvalue weighted by atomic mass is 10.2. The van der Waals surface area contributed by atoms with Crippen LogP contribution in [-0.2, 0) is 4.74 Å². The molecule has 0 spiro atoms. The molecular formula is C9H12N2O3. The molecule has 1 rings (SSSR count). The van der Waals surface area contributed by atoms with E-state index in [1.54, 1.807) is 13.2 Å². The molecule has 0 aliphatic carbocycles. The lowest BCUT2D eigenvalue weighted by Crippen LogP contribution is -2.31. The van der Waals surface area contributed by atoms with Crippen molar-refractivity contribution in [2.24, 2.45) is 0 Å². The molecule has 5 nitrogen and oxygen atoms in total. The molecule has 1 amide bonds. The van der Waals surface area contributed by atoms with Crippen molar-refractivity contribution in [3.05, 3.63) is 34.2 Å². The fourth-order valence-corrected chi connectivity index (χ4v) is 0.962. The van der Waals surface area contributed by atoms with Gasteiger partial charge in [0.1, 0.15) is 5.56 Å². The van der Waals surface area contributed by atoms with Gasteiger partial charge < -0.3 is 15.0 Å². The topological polar surface area (TPSA) is 71.2 Å². The molecule has 0 aromatic carbocycles. The number of hydrogen-bond acceptors (Lipinski definition) is 3. The fraction of sp³-hybridized carbons (Fsp3) is 0.333. The number of ether oxygens (including phenoxy) is 1. The molecule has 0 fully saturated rings. The van der Waals surface area contributed by atoms with Gasteiger partial charge in [0.2, 0.25) is 0 Å². The van der Waals surface area contributed by atoms with Gasteiger partial charge in [-0.1, -0.05) is 0 Å². The van der Waals surface area contributed by atoms with Crippen molar-refractivity contribution in [2.75, 3.05) is 20.3 Å². The number of carbonyl (C=O) groups is 1. The number of H-pyrrole nitrogens is 1. The van der Waals surface area contributed by atoms with Crippen LogP contribution in [0.5, 0.6) is 0 Å². The number of rotatable bonds is 4. The van der Waals surface area contributed by atoms with Gasteiger partial charge in [-0.3, -0.25) is 9.59 Å². The zero-order chi connectivity index (χ0) is 10.4. The summed E-state index contributed by atoms with van der Waals surface area (Å²) in [5.74, 6) is -0.385. The van der Waals surface area contributed by atoms with Crippen molar-refractivity contribution in [3.63, 3.8) is 0 Å². The summed E-state index contributed by atoms with van der Waals surface area (Å²) in [6.07, 6.45) is 1.48. The van der Waals surface area contributed by atoms with Crippen molar-refractivity contribution in [1.29, 1.82) is 0 Å². The molecule has 0 saturated carbocycles. The molecule has 0 aliphatic rings. The van der Waals surface area contributed by atoms with Crippen molar-refractivity contribution in [1.82, 2.24) is 10.3 Å². The van der Waals surface area contributed by atoms with Crippen LogP contribution in [0.15, 0.2) is 23.1 Å². The van der Waals surface area contributed by atoms with E-state index in [-0.39, 0.29) is 17.0 Å². The number of hydrogen-bond donors (Lipinski definition) is 2. The van der Waals surface area contributed by atoms with E-state index < -0.39 is 0 Å². The average Bonchev–Trinajstić information content (AvgIpc) is 2.18. The summed E-state index contributed by atoms with van der Waals surface area (Å²) in [5, 5.41) is 2.56. The van der Waals surface area contributed by atoms with Gasteiger partial charge in [0.05, 0.1) is 6.61 Å². The zero-order valence-corrected chi connectivity index (χ0v) is 7.87. The van der Waals surface area contributed by atoms with E-state index in [0.717, 1.165) is 0 Å². The van der Waals surface area contributed by atoms with E-state index in [9.17, 15) is 9.59 Å². The minimum absolute atomic E-state index is 0.114. The molecule has 1 aromatic heterocycles. The third-order valence-electron chi connectivity index (χ3n) is 1.65. The highest BCUT2D eigenvalue weighted by atomic mass is 16.5. The number of nitrogens with one attached hydrogen (secondary N) is 2. The predicted molar refractivity (Wildman–Crippen MR) is 51.3 cm³/mol. The molecule has 0 aliphatic heterocycles. The second kappa shape index (κ2) is 5.18. The average molecular weight is 196 g/mol. The Balaban J connectivity index is 2.61. The van der Waals surface area contributed by atoms with E-state index in [2.05, 4.69) is 10.3 Å². The van der Waals surface area contributed by atoms with Gasteiger partial charge in [-0.25, -0.2) is 0 Å². The SMILES string of the molecule is COCCNC(=O)c1ccc[nH]c1=O. The predicted octanol–water partition coefficient (Wildman–Crippen LogP) is -0.249. The van der Waals surface area contributed by atoms with Gasteiger partial charge in [-0.2, -0.15) is 0 Å². The van der Waals surface area contributed by atoms with Gasteiger partial charge in [-0.15, -0.1) is 0 Å². The third-order valence-corrected chi connectivity index (χ3v) is 1.65. The third kappa shape index (κ3) is 2.70. The summed E-state index contributed by atoms with van der Waals surface area (Å²) in [6, 6.07) is 3.08. The summed E-state index contributed by atoms with van der Waals surface area (Å²) >= 11 is 0. The number of methoxy groups -OCH3 is 1. The standard InChI is InChI=1S/C9H12N2O3/c1-14-6-5-11-9(13)7-3-2-4-10-8(7)12/h2-4H,5-6H2,1H3,(H,10,12)(H,11,13). The second-order valence-electron chi connectivity index (χ2n) is 2.66. The van der Waals surface area contributed by atoms with Crippen molar-refractivity contribution in [3.8, 4) is 0 Å². The van der Waals surface area contributed by atoms with E-state index in [0.29, 0.717) is 13.2 Å². The Hall–Kier alpha value is -1.62. The van der Waals surface area contributed by atoms with Crippen LogP contribution >= 0.6 is 0 Å². The van der Waals surface area contributed by atoms with Crippen LogP contribution in [0, 0.1) is 0 Å². The molecule has 5 heteroatoms. The van der Waals surface area contributed by atoms with Gasteiger partial charge in [0, 0.05) is 19.9 Å². The molecule has 14 heavy (non-hydrogen) atoms. The van der Waals surface area contributed by atoms with E-state index >= 15 is 0 Å². The van der Waals surface area contributed by atoms with Crippen LogP contribution in [0.1, 0.15) is 10.4 Å². The number of amides is 1. The number of aromatic amines is 1. The Bertz CT molecular complexity index is 359. The summed E-state index contributed by atoms with van der Waals surface area (Å²) in [4.78, 5) is 24.9.